The maximum atomic E-state index is 12.5. The summed E-state index contributed by atoms with van der Waals surface area (Å²) in [7, 11) is 0. The molecule has 2 aliphatic rings. The summed E-state index contributed by atoms with van der Waals surface area (Å²) in [6, 6.07) is 21.4. The normalized spacial score (nSPS) is 26.1. The molecule has 1 N–H and O–H groups in total. The summed E-state index contributed by atoms with van der Waals surface area (Å²) in [5.74, 6) is 0.971. The molecule has 3 atom stereocenters. The van der Waals surface area contributed by atoms with Crippen LogP contribution in [-0.4, -0.2) is 30.1 Å². The lowest BCUT2D eigenvalue weighted by Gasteiger charge is -2.17. The number of amides is 2. The molecule has 1 saturated carbocycles. The third-order valence-corrected chi connectivity index (χ3v) is 5.07. The minimum atomic E-state index is 0.104. The van der Waals surface area contributed by atoms with E-state index >= 15 is 0 Å². The van der Waals surface area contributed by atoms with Crippen LogP contribution in [-0.2, 0) is 0 Å². The molecule has 1 heterocycles. The number of benzene rings is 2. The van der Waals surface area contributed by atoms with Gasteiger partial charge in [0.2, 0.25) is 0 Å². The molecule has 2 aromatic carbocycles. The van der Waals surface area contributed by atoms with Gasteiger partial charge in [-0.05, 0) is 24.0 Å². The lowest BCUT2D eigenvalue weighted by Crippen LogP contribution is -2.39. The van der Waals surface area contributed by atoms with Crippen LogP contribution < -0.4 is 5.32 Å². The van der Waals surface area contributed by atoms with Crippen molar-refractivity contribution >= 4 is 6.03 Å². The third kappa shape index (κ3) is 3.09. The van der Waals surface area contributed by atoms with Crippen LogP contribution in [0.15, 0.2) is 60.7 Å². The first-order chi connectivity index (χ1) is 11.3. The van der Waals surface area contributed by atoms with Gasteiger partial charge in [0.25, 0.3) is 0 Å². The summed E-state index contributed by atoms with van der Waals surface area (Å²) >= 11 is 0. The van der Waals surface area contributed by atoms with Crippen molar-refractivity contribution in [2.75, 3.05) is 13.1 Å². The summed E-state index contributed by atoms with van der Waals surface area (Å²) in [6.07, 6.45) is 2.12. The summed E-state index contributed by atoms with van der Waals surface area (Å²) in [4.78, 5) is 14.4. The van der Waals surface area contributed by atoms with Crippen molar-refractivity contribution in [3.8, 4) is 0 Å². The Balaban J connectivity index is 1.31. The van der Waals surface area contributed by atoms with Gasteiger partial charge in [0.1, 0.15) is 0 Å². The van der Waals surface area contributed by atoms with Gasteiger partial charge in [-0.3, -0.25) is 0 Å². The molecule has 2 amide bonds. The largest absolute Gasteiger partial charge is 0.335 e. The number of nitrogens with zero attached hydrogens (tertiary/aromatic N) is 1. The van der Waals surface area contributed by atoms with E-state index in [1.165, 1.54) is 11.1 Å². The maximum Gasteiger partial charge on any atom is 0.317 e. The zero-order valence-corrected chi connectivity index (χ0v) is 13.2. The highest BCUT2D eigenvalue weighted by Gasteiger charge is 2.40. The number of carbonyl (C=O) groups is 1. The molecule has 4 rings (SSSR count). The van der Waals surface area contributed by atoms with E-state index in [4.69, 9.17) is 0 Å². The fourth-order valence-corrected chi connectivity index (χ4v) is 3.62. The molecule has 1 aliphatic heterocycles. The van der Waals surface area contributed by atoms with Gasteiger partial charge in [0, 0.05) is 31.0 Å². The Labute approximate surface area is 137 Å². The van der Waals surface area contributed by atoms with Crippen LogP contribution >= 0.6 is 0 Å². The average Bonchev–Trinajstić information content (AvgIpc) is 3.19. The van der Waals surface area contributed by atoms with E-state index in [2.05, 4.69) is 53.8 Å². The van der Waals surface area contributed by atoms with E-state index in [9.17, 15) is 4.79 Å². The highest BCUT2D eigenvalue weighted by atomic mass is 16.2. The standard InChI is InChI=1S/C20H22N2O/c23-20(21-19-13-18(19)16-9-5-2-6-10-16)22-12-11-17(14-22)15-7-3-1-4-8-15/h1-10,17-19H,11-14H2,(H,21,23)/t17-,18-,19+/m0/s1. The molecule has 23 heavy (non-hydrogen) atoms. The topological polar surface area (TPSA) is 32.3 Å². The van der Waals surface area contributed by atoms with Crippen molar-refractivity contribution in [3.05, 3.63) is 71.8 Å². The maximum absolute atomic E-state index is 12.5. The molecule has 3 nitrogen and oxygen atoms in total. The van der Waals surface area contributed by atoms with E-state index < -0.39 is 0 Å². The monoisotopic (exact) mass is 306 g/mol. The van der Waals surface area contributed by atoms with Crippen molar-refractivity contribution in [2.45, 2.75) is 30.7 Å². The Kier molecular flexibility index (Phi) is 3.78. The second-order valence-electron chi connectivity index (χ2n) is 6.65. The Morgan fingerprint density at radius 1 is 0.957 bits per heavy atom. The fraction of sp³-hybridized carbons (Fsp3) is 0.350. The summed E-state index contributed by atoms with van der Waals surface area (Å²) in [5, 5.41) is 3.20. The van der Waals surface area contributed by atoms with Gasteiger partial charge in [-0.15, -0.1) is 0 Å². The minimum Gasteiger partial charge on any atom is -0.335 e. The zero-order valence-electron chi connectivity index (χ0n) is 13.2. The number of hydrogen-bond acceptors (Lipinski definition) is 1. The van der Waals surface area contributed by atoms with Crippen LogP contribution in [0.25, 0.3) is 0 Å². The predicted octanol–water partition coefficient (Wildman–Crippen LogP) is 3.74. The molecular weight excluding hydrogens is 284 g/mol. The summed E-state index contributed by atoms with van der Waals surface area (Å²) in [6.45, 7) is 1.69. The summed E-state index contributed by atoms with van der Waals surface area (Å²) in [5.41, 5.74) is 2.68. The molecular formula is C20H22N2O. The first-order valence-corrected chi connectivity index (χ1v) is 8.46. The van der Waals surface area contributed by atoms with Gasteiger partial charge in [0.05, 0.1) is 0 Å². The van der Waals surface area contributed by atoms with Crippen molar-refractivity contribution in [1.82, 2.24) is 10.2 Å². The molecule has 0 spiro atoms. The Bertz CT molecular complexity index is 671. The second-order valence-corrected chi connectivity index (χ2v) is 6.65. The molecule has 3 heteroatoms. The Morgan fingerprint density at radius 3 is 2.30 bits per heavy atom. The van der Waals surface area contributed by atoms with Crippen molar-refractivity contribution in [3.63, 3.8) is 0 Å². The van der Waals surface area contributed by atoms with Gasteiger partial charge in [-0.2, -0.15) is 0 Å². The minimum absolute atomic E-state index is 0.104. The molecule has 0 radical (unpaired) electrons. The van der Waals surface area contributed by atoms with Crippen LogP contribution in [0.4, 0.5) is 4.79 Å². The van der Waals surface area contributed by atoms with Gasteiger partial charge < -0.3 is 10.2 Å². The zero-order chi connectivity index (χ0) is 15.6. The van der Waals surface area contributed by atoms with Crippen LogP contribution in [0, 0.1) is 0 Å². The molecule has 118 valence electrons. The second kappa shape index (κ2) is 6.07. The van der Waals surface area contributed by atoms with Crippen molar-refractivity contribution in [2.24, 2.45) is 0 Å². The number of hydrogen-bond donors (Lipinski definition) is 1. The average molecular weight is 306 g/mol. The Hall–Kier alpha value is -2.29. The molecule has 1 saturated heterocycles. The van der Waals surface area contributed by atoms with Crippen molar-refractivity contribution < 1.29 is 4.79 Å². The van der Waals surface area contributed by atoms with Gasteiger partial charge in [0.15, 0.2) is 0 Å². The predicted molar refractivity (Wildman–Crippen MR) is 91.5 cm³/mol. The molecule has 1 aliphatic carbocycles. The molecule has 2 aromatic rings. The van der Waals surface area contributed by atoms with E-state index in [1.807, 2.05) is 17.0 Å². The number of carbonyl (C=O) groups excluding carboxylic acids is 1. The van der Waals surface area contributed by atoms with Gasteiger partial charge in [-0.1, -0.05) is 60.7 Å². The third-order valence-electron chi connectivity index (χ3n) is 5.07. The highest BCUT2D eigenvalue weighted by molar-refractivity contribution is 5.75. The molecule has 0 unspecified atom stereocenters. The number of nitrogens with one attached hydrogen (secondary N) is 1. The quantitative estimate of drug-likeness (QED) is 0.920. The van der Waals surface area contributed by atoms with E-state index in [1.54, 1.807) is 0 Å². The van der Waals surface area contributed by atoms with Crippen LogP contribution in [0.1, 0.15) is 35.8 Å². The number of urea groups is 1. The van der Waals surface area contributed by atoms with Crippen LogP contribution in [0.2, 0.25) is 0 Å². The van der Waals surface area contributed by atoms with Gasteiger partial charge in [-0.25, -0.2) is 4.79 Å². The fourth-order valence-electron chi connectivity index (χ4n) is 3.62. The molecule has 0 aromatic heterocycles. The van der Waals surface area contributed by atoms with E-state index in [-0.39, 0.29) is 6.03 Å². The van der Waals surface area contributed by atoms with Crippen molar-refractivity contribution in [1.29, 1.82) is 0 Å². The van der Waals surface area contributed by atoms with E-state index in [0.29, 0.717) is 17.9 Å². The number of likely N-dealkylation sites (tertiary alicyclic amines) is 1. The summed E-state index contributed by atoms with van der Waals surface area (Å²) < 4.78 is 0. The lowest BCUT2D eigenvalue weighted by molar-refractivity contribution is 0.207. The smallest absolute Gasteiger partial charge is 0.317 e. The van der Waals surface area contributed by atoms with Crippen LogP contribution in [0.3, 0.4) is 0 Å². The SMILES string of the molecule is O=C(N[C@@H]1C[C@H]1c1ccccc1)N1CC[C@H](c2ccccc2)C1. The van der Waals surface area contributed by atoms with Crippen LogP contribution in [0.5, 0.6) is 0 Å². The van der Waals surface area contributed by atoms with E-state index in [0.717, 1.165) is 25.9 Å². The first kappa shape index (κ1) is 14.3. The lowest BCUT2D eigenvalue weighted by atomic mass is 9.99. The Morgan fingerprint density at radius 2 is 1.61 bits per heavy atom. The number of rotatable bonds is 3. The first-order valence-electron chi connectivity index (χ1n) is 8.46. The molecule has 0 bridgehead atoms. The molecule has 2 fully saturated rings. The van der Waals surface area contributed by atoms with Gasteiger partial charge >= 0.3 is 6.03 Å². The highest BCUT2D eigenvalue weighted by Crippen LogP contribution is 2.40.